The van der Waals surface area contributed by atoms with E-state index in [2.05, 4.69) is 10.6 Å². The Bertz CT molecular complexity index is 1160. The van der Waals surface area contributed by atoms with E-state index in [-0.39, 0.29) is 5.91 Å². The minimum absolute atomic E-state index is 0.372. The normalized spacial score (nSPS) is 11.4. The highest BCUT2D eigenvalue weighted by Gasteiger charge is 2.22. The fourth-order valence-electron chi connectivity index (χ4n) is 3.02. The molecule has 3 aromatic rings. The van der Waals surface area contributed by atoms with Gasteiger partial charge in [0, 0.05) is 34.0 Å². The van der Waals surface area contributed by atoms with Crippen LogP contribution in [0.15, 0.2) is 66.7 Å². The lowest BCUT2D eigenvalue weighted by Crippen LogP contribution is -2.40. The van der Waals surface area contributed by atoms with E-state index in [0.29, 0.717) is 27.0 Å². The molecule has 0 saturated carbocycles. The number of nitrogens with zero attached hydrogens (tertiary/aromatic N) is 1. The lowest BCUT2D eigenvalue weighted by molar-refractivity contribution is -0.141. The smallest absolute Gasteiger partial charge is 0.326 e. The van der Waals surface area contributed by atoms with Crippen LogP contribution in [0, 0.1) is 0 Å². The number of carboxylic acids is 1. The molecule has 33 heavy (non-hydrogen) atoms. The van der Waals surface area contributed by atoms with Gasteiger partial charge in [0.05, 0.1) is 0 Å². The maximum absolute atomic E-state index is 12.5. The molecule has 0 spiro atoms. The number of amides is 3. The van der Waals surface area contributed by atoms with Crippen LogP contribution < -0.4 is 10.6 Å². The Morgan fingerprint density at radius 2 is 1.30 bits per heavy atom. The summed E-state index contributed by atoms with van der Waals surface area (Å²) in [5.41, 5.74) is 3.20. The molecule has 3 rings (SSSR count). The molecule has 3 aromatic carbocycles. The number of carbonyl (C=O) groups excluding carboxylic acids is 2. The number of hydrogen-bond donors (Lipinski definition) is 3. The first-order valence-corrected chi connectivity index (χ1v) is 10.6. The molecular formula is C24H21Cl2N3O4. The summed E-state index contributed by atoms with van der Waals surface area (Å²) < 4.78 is 0. The van der Waals surface area contributed by atoms with Crippen LogP contribution in [0.2, 0.25) is 10.0 Å². The van der Waals surface area contributed by atoms with Gasteiger partial charge in [0.25, 0.3) is 5.91 Å². The second-order valence-electron chi connectivity index (χ2n) is 7.32. The highest BCUT2D eigenvalue weighted by Crippen LogP contribution is 2.24. The van der Waals surface area contributed by atoms with Crippen molar-refractivity contribution in [3.63, 3.8) is 0 Å². The van der Waals surface area contributed by atoms with Gasteiger partial charge >= 0.3 is 12.0 Å². The molecule has 0 aliphatic rings. The molecule has 9 heteroatoms. The van der Waals surface area contributed by atoms with E-state index in [1.807, 2.05) is 12.1 Å². The van der Waals surface area contributed by atoms with Crippen molar-refractivity contribution in [2.24, 2.45) is 0 Å². The first-order valence-electron chi connectivity index (χ1n) is 9.88. The van der Waals surface area contributed by atoms with Crippen molar-refractivity contribution in [1.82, 2.24) is 4.90 Å². The Kier molecular flexibility index (Phi) is 7.58. The maximum Gasteiger partial charge on any atom is 0.326 e. The topological polar surface area (TPSA) is 98.7 Å². The monoisotopic (exact) mass is 485 g/mol. The SMILES string of the molecule is C[C@@H](C(=O)O)N(C)C(=O)c1ccc(-c2ccc(NC(=O)Nc3cc(Cl)cc(Cl)c3)cc2)cc1. The summed E-state index contributed by atoms with van der Waals surface area (Å²) >= 11 is 11.9. The molecule has 0 fully saturated rings. The largest absolute Gasteiger partial charge is 0.480 e. The molecule has 0 bridgehead atoms. The summed E-state index contributed by atoms with van der Waals surface area (Å²) in [5.74, 6) is -1.44. The predicted molar refractivity (Wildman–Crippen MR) is 130 cm³/mol. The van der Waals surface area contributed by atoms with E-state index >= 15 is 0 Å². The average molecular weight is 486 g/mol. The predicted octanol–water partition coefficient (Wildman–Crippen LogP) is 5.85. The molecular weight excluding hydrogens is 465 g/mol. The second-order valence-corrected chi connectivity index (χ2v) is 8.20. The van der Waals surface area contributed by atoms with Crippen LogP contribution in [0.1, 0.15) is 17.3 Å². The van der Waals surface area contributed by atoms with Crippen LogP contribution in [0.3, 0.4) is 0 Å². The standard InChI is InChI=1S/C24H21Cl2N3O4/c1-14(23(31)32)29(2)22(30)17-5-3-15(4-6-17)16-7-9-20(10-8-16)27-24(33)28-21-12-18(25)11-19(26)13-21/h3-14H,1-2H3,(H,31,32)(H2,27,28,33)/t14-/m0/s1. The third-order valence-corrected chi connectivity index (χ3v) is 5.42. The fourth-order valence-corrected chi connectivity index (χ4v) is 3.54. The van der Waals surface area contributed by atoms with Crippen LogP contribution >= 0.6 is 23.2 Å². The van der Waals surface area contributed by atoms with Gasteiger partial charge in [-0.2, -0.15) is 0 Å². The lowest BCUT2D eigenvalue weighted by Gasteiger charge is -2.21. The van der Waals surface area contributed by atoms with E-state index in [1.54, 1.807) is 54.6 Å². The average Bonchev–Trinajstić information content (AvgIpc) is 2.77. The number of rotatable bonds is 6. The summed E-state index contributed by atoms with van der Waals surface area (Å²) in [6.45, 7) is 1.45. The molecule has 1 atom stereocenters. The molecule has 0 heterocycles. The number of carboxylic acid groups (broad SMARTS) is 1. The van der Waals surface area contributed by atoms with Crippen LogP contribution in [0.5, 0.6) is 0 Å². The van der Waals surface area contributed by atoms with E-state index in [4.69, 9.17) is 28.3 Å². The third kappa shape index (κ3) is 6.25. The highest BCUT2D eigenvalue weighted by molar-refractivity contribution is 6.35. The molecule has 0 aliphatic heterocycles. The fraction of sp³-hybridized carbons (Fsp3) is 0.125. The third-order valence-electron chi connectivity index (χ3n) is 4.99. The van der Waals surface area contributed by atoms with Gasteiger partial charge in [-0.1, -0.05) is 47.5 Å². The number of urea groups is 1. The van der Waals surface area contributed by atoms with Crippen molar-refractivity contribution in [3.8, 4) is 11.1 Å². The van der Waals surface area contributed by atoms with Gasteiger partial charge in [-0.15, -0.1) is 0 Å². The van der Waals surface area contributed by atoms with Gasteiger partial charge in [-0.3, -0.25) is 4.79 Å². The van der Waals surface area contributed by atoms with Crippen LogP contribution in [0.25, 0.3) is 11.1 Å². The molecule has 3 N–H and O–H groups in total. The number of nitrogens with one attached hydrogen (secondary N) is 2. The minimum Gasteiger partial charge on any atom is -0.480 e. The van der Waals surface area contributed by atoms with E-state index < -0.39 is 18.0 Å². The minimum atomic E-state index is -1.07. The van der Waals surface area contributed by atoms with Crippen LogP contribution in [-0.4, -0.2) is 41.0 Å². The van der Waals surface area contributed by atoms with E-state index in [1.165, 1.54) is 18.9 Å². The number of anilines is 2. The Balaban J connectivity index is 1.64. The van der Waals surface area contributed by atoms with Gasteiger partial charge in [0.15, 0.2) is 0 Å². The summed E-state index contributed by atoms with van der Waals surface area (Å²) in [5, 5.41) is 15.3. The first-order chi connectivity index (χ1) is 15.6. The lowest BCUT2D eigenvalue weighted by atomic mass is 10.0. The molecule has 3 amide bonds. The second kappa shape index (κ2) is 10.4. The summed E-state index contributed by atoms with van der Waals surface area (Å²) in [4.78, 5) is 37.0. The van der Waals surface area contributed by atoms with Gasteiger partial charge in [0.2, 0.25) is 0 Å². The molecule has 170 valence electrons. The van der Waals surface area contributed by atoms with Crippen molar-refractivity contribution in [1.29, 1.82) is 0 Å². The zero-order valence-electron chi connectivity index (χ0n) is 17.8. The molecule has 7 nitrogen and oxygen atoms in total. The summed E-state index contributed by atoms with van der Waals surface area (Å²) in [7, 11) is 1.46. The van der Waals surface area contributed by atoms with Gasteiger partial charge in [-0.05, 0) is 60.5 Å². The maximum atomic E-state index is 12.5. The van der Waals surface area contributed by atoms with E-state index in [9.17, 15) is 14.4 Å². The number of benzene rings is 3. The van der Waals surface area contributed by atoms with Gasteiger partial charge < -0.3 is 20.6 Å². The van der Waals surface area contributed by atoms with Crippen molar-refractivity contribution >= 4 is 52.5 Å². The van der Waals surface area contributed by atoms with Crippen molar-refractivity contribution < 1.29 is 19.5 Å². The summed E-state index contributed by atoms with van der Waals surface area (Å²) in [6.07, 6.45) is 0. The Morgan fingerprint density at radius 3 is 1.82 bits per heavy atom. The summed E-state index contributed by atoms with van der Waals surface area (Å²) in [6, 6.07) is 17.4. The number of likely N-dealkylation sites (N-methyl/N-ethyl adjacent to an activating group) is 1. The molecule has 0 aromatic heterocycles. The zero-order valence-corrected chi connectivity index (χ0v) is 19.3. The number of halogens is 2. The van der Waals surface area contributed by atoms with Crippen molar-refractivity contribution in [2.75, 3.05) is 17.7 Å². The van der Waals surface area contributed by atoms with Gasteiger partial charge in [0.1, 0.15) is 6.04 Å². The highest BCUT2D eigenvalue weighted by atomic mass is 35.5. The van der Waals surface area contributed by atoms with Gasteiger partial charge in [-0.25, -0.2) is 9.59 Å². The number of aliphatic carboxylic acids is 1. The zero-order chi connectivity index (χ0) is 24.1. The molecule has 0 unspecified atom stereocenters. The van der Waals surface area contributed by atoms with Crippen molar-refractivity contribution in [3.05, 3.63) is 82.3 Å². The van der Waals surface area contributed by atoms with E-state index in [0.717, 1.165) is 11.1 Å². The Morgan fingerprint density at radius 1 is 0.818 bits per heavy atom. The molecule has 0 radical (unpaired) electrons. The Hall–Kier alpha value is -3.55. The quantitative estimate of drug-likeness (QED) is 0.407. The van der Waals surface area contributed by atoms with Crippen LogP contribution in [-0.2, 0) is 4.79 Å². The number of carbonyl (C=O) groups is 3. The number of hydrogen-bond acceptors (Lipinski definition) is 3. The first kappa shape index (κ1) is 24.1. The Labute approximate surface area is 200 Å². The van der Waals surface area contributed by atoms with Crippen molar-refractivity contribution in [2.45, 2.75) is 13.0 Å². The molecule has 0 saturated heterocycles. The molecule has 0 aliphatic carbocycles. The van der Waals surface area contributed by atoms with Crippen LogP contribution in [0.4, 0.5) is 16.2 Å².